The fourth-order valence-corrected chi connectivity index (χ4v) is 1.63. The third-order valence-electron chi connectivity index (χ3n) is 2.97. The normalized spacial score (nSPS) is 13.8. The van der Waals surface area contributed by atoms with Gasteiger partial charge in [0.2, 0.25) is 11.8 Å². The summed E-state index contributed by atoms with van der Waals surface area (Å²) in [5.41, 5.74) is -0.144. The zero-order valence-electron chi connectivity index (χ0n) is 13.5. The quantitative estimate of drug-likeness (QED) is 0.893. The number of carbonyl (C=O) groups is 1. The van der Waals surface area contributed by atoms with Crippen molar-refractivity contribution in [2.24, 2.45) is 0 Å². The van der Waals surface area contributed by atoms with Crippen molar-refractivity contribution in [3.8, 4) is 0 Å². The molecule has 1 N–H and O–H groups in total. The van der Waals surface area contributed by atoms with Crippen molar-refractivity contribution < 1.29 is 9.32 Å². The largest absolute Gasteiger partial charge is 0.353 e. The zero-order chi connectivity index (χ0) is 15.5. The van der Waals surface area contributed by atoms with E-state index in [1.54, 1.807) is 0 Å². The number of likely N-dealkylation sites (N-methyl/N-ethyl adjacent to an activating group) is 1. The molecule has 1 heterocycles. The first-order valence-corrected chi connectivity index (χ1v) is 6.95. The summed E-state index contributed by atoms with van der Waals surface area (Å²) >= 11 is 0. The summed E-state index contributed by atoms with van der Waals surface area (Å²) in [6.45, 7) is 12.2. The second kappa shape index (κ2) is 6.35. The van der Waals surface area contributed by atoms with Crippen LogP contribution in [-0.4, -0.2) is 40.6 Å². The van der Waals surface area contributed by atoms with E-state index in [9.17, 15) is 4.79 Å². The topological polar surface area (TPSA) is 71.3 Å². The second-order valence-corrected chi connectivity index (χ2v) is 6.52. The highest BCUT2D eigenvalue weighted by molar-refractivity contribution is 5.78. The minimum atomic E-state index is -0.144. The number of nitrogens with zero attached hydrogens (tertiary/aromatic N) is 3. The van der Waals surface area contributed by atoms with Crippen LogP contribution < -0.4 is 5.32 Å². The molecule has 1 aromatic heterocycles. The van der Waals surface area contributed by atoms with Gasteiger partial charge in [0.1, 0.15) is 0 Å². The summed E-state index contributed by atoms with van der Waals surface area (Å²) in [7, 11) is 1.87. The summed E-state index contributed by atoms with van der Waals surface area (Å²) in [5.74, 6) is 1.21. The van der Waals surface area contributed by atoms with Gasteiger partial charge in [-0.05, 0) is 27.8 Å². The maximum absolute atomic E-state index is 11.7. The number of amides is 1. The molecular formula is C14H26N4O2. The molecule has 20 heavy (non-hydrogen) atoms. The average molecular weight is 282 g/mol. The Balaban J connectivity index is 2.67. The number of hydrogen-bond donors (Lipinski definition) is 1. The van der Waals surface area contributed by atoms with Crippen molar-refractivity contribution in [1.82, 2.24) is 20.4 Å². The first kappa shape index (κ1) is 16.6. The van der Waals surface area contributed by atoms with Gasteiger partial charge < -0.3 is 9.84 Å². The van der Waals surface area contributed by atoms with E-state index in [0.29, 0.717) is 18.3 Å². The molecule has 1 atom stereocenters. The van der Waals surface area contributed by atoms with Crippen LogP contribution in [-0.2, 0) is 10.2 Å². The molecule has 0 aliphatic rings. The first-order chi connectivity index (χ1) is 9.11. The van der Waals surface area contributed by atoms with E-state index in [-0.39, 0.29) is 23.4 Å². The lowest BCUT2D eigenvalue weighted by Crippen LogP contribution is -2.39. The first-order valence-electron chi connectivity index (χ1n) is 6.95. The van der Waals surface area contributed by atoms with Crippen molar-refractivity contribution in [2.75, 3.05) is 13.6 Å². The van der Waals surface area contributed by atoms with Crippen LogP contribution in [0.4, 0.5) is 0 Å². The monoisotopic (exact) mass is 282 g/mol. The van der Waals surface area contributed by atoms with E-state index in [0.717, 1.165) is 0 Å². The molecule has 0 bridgehead atoms. The van der Waals surface area contributed by atoms with Crippen molar-refractivity contribution in [3.63, 3.8) is 0 Å². The van der Waals surface area contributed by atoms with E-state index < -0.39 is 0 Å². The highest BCUT2D eigenvalue weighted by atomic mass is 16.5. The van der Waals surface area contributed by atoms with E-state index in [2.05, 4.69) is 15.5 Å². The molecule has 1 aromatic rings. The Morgan fingerprint density at radius 2 is 1.95 bits per heavy atom. The van der Waals surface area contributed by atoms with Crippen LogP contribution in [0.2, 0.25) is 0 Å². The Kier molecular flexibility index (Phi) is 5.28. The number of aromatic nitrogens is 2. The SMILES string of the molecule is CC(C)NC(=O)CN(C)[C@@H](C)c1nc(C(C)(C)C)no1. The summed E-state index contributed by atoms with van der Waals surface area (Å²) in [6, 6.07) is 0.0404. The van der Waals surface area contributed by atoms with Gasteiger partial charge in [0.25, 0.3) is 0 Å². The molecule has 0 radical (unpaired) electrons. The van der Waals surface area contributed by atoms with Crippen LogP contribution in [0, 0.1) is 0 Å². The van der Waals surface area contributed by atoms with Crippen molar-refractivity contribution in [1.29, 1.82) is 0 Å². The minimum Gasteiger partial charge on any atom is -0.353 e. The number of hydrogen-bond acceptors (Lipinski definition) is 5. The number of rotatable bonds is 5. The Morgan fingerprint density at radius 1 is 1.35 bits per heavy atom. The Bertz CT molecular complexity index is 448. The minimum absolute atomic E-state index is 0.00934. The fourth-order valence-electron chi connectivity index (χ4n) is 1.63. The standard InChI is InChI=1S/C14H26N4O2/c1-9(2)15-11(19)8-18(7)10(3)12-16-13(17-20-12)14(4,5)6/h9-10H,8H2,1-7H3,(H,15,19)/t10-/m0/s1. The van der Waals surface area contributed by atoms with Crippen molar-refractivity contribution >= 4 is 5.91 Å². The predicted octanol–water partition coefficient (Wildman–Crippen LogP) is 1.88. The molecule has 0 unspecified atom stereocenters. The molecule has 1 amide bonds. The van der Waals surface area contributed by atoms with E-state index in [4.69, 9.17) is 4.52 Å². The van der Waals surface area contributed by atoms with Gasteiger partial charge in [0.05, 0.1) is 12.6 Å². The van der Waals surface area contributed by atoms with Gasteiger partial charge in [-0.25, -0.2) is 0 Å². The van der Waals surface area contributed by atoms with Crippen LogP contribution in [0.15, 0.2) is 4.52 Å². The van der Waals surface area contributed by atoms with E-state index in [1.807, 2.05) is 53.5 Å². The molecule has 0 saturated carbocycles. The molecule has 6 nitrogen and oxygen atoms in total. The Morgan fingerprint density at radius 3 is 2.40 bits per heavy atom. The van der Waals surface area contributed by atoms with Crippen LogP contribution in [0.5, 0.6) is 0 Å². The fraction of sp³-hybridized carbons (Fsp3) is 0.786. The highest BCUT2D eigenvalue weighted by Crippen LogP contribution is 2.22. The lowest BCUT2D eigenvalue weighted by atomic mass is 9.96. The third kappa shape index (κ3) is 4.59. The third-order valence-corrected chi connectivity index (χ3v) is 2.97. The van der Waals surface area contributed by atoms with Gasteiger partial charge in [-0.3, -0.25) is 9.69 Å². The molecular weight excluding hydrogens is 256 g/mol. The molecule has 0 fully saturated rings. The molecule has 0 aliphatic carbocycles. The van der Waals surface area contributed by atoms with Gasteiger partial charge in [-0.15, -0.1) is 0 Å². The van der Waals surface area contributed by atoms with Gasteiger partial charge >= 0.3 is 0 Å². The highest BCUT2D eigenvalue weighted by Gasteiger charge is 2.25. The van der Waals surface area contributed by atoms with Gasteiger partial charge in [0.15, 0.2) is 5.82 Å². The molecule has 1 rings (SSSR count). The van der Waals surface area contributed by atoms with Crippen LogP contribution in [0.3, 0.4) is 0 Å². The maximum Gasteiger partial charge on any atom is 0.243 e. The van der Waals surface area contributed by atoms with Gasteiger partial charge in [0, 0.05) is 11.5 Å². The Hall–Kier alpha value is -1.43. The molecule has 0 aromatic carbocycles. The summed E-state index contributed by atoms with van der Waals surface area (Å²) < 4.78 is 5.30. The summed E-state index contributed by atoms with van der Waals surface area (Å²) in [6.07, 6.45) is 0. The lowest BCUT2D eigenvalue weighted by molar-refractivity contribution is -0.123. The molecule has 0 spiro atoms. The Labute approximate surface area is 120 Å². The molecule has 0 aliphatic heterocycles. The van der Waals surface area contributed by atoms with Crippen LogP contribution >= 0.6 is 0 Å². The summed E-state index contributed by atoms with van der Waals surface area (Å²) in [5, 5.41) is 6.87. The lowest BCUT2D eigenvalue weighted by Gasteiger charge is -2.21. The zero-order valence-corrected chi connectivity index (χ0v) is 13.5. The molecule has 6 heteroatoms. The second-order valence-electron chi connectivity index (χ2n) is 6.52. The van der Waals surface area contributed by atoms with E-state index >= 15 is 0 Å². The van der Waals surface area contributed by atoms with Crippen LogP contribution in [0.25, 0.3) is 0 Å². The maximum atomic E-state index is 11.7. The van der Waals surface area contributed by atoms with Crippen molar-refractivity contribution in [2.45, 2.75) is 59.0 Å². The number of carbonyl (C=O) groups excluding carboxylic acids is 1. The van der Waals surface area contributed by atoms with Gasteiger partial charge in [-0.1, -0.05) is 25.9 Å². The van der Waals surface area contributed by atoms with E-state index in [1.165, 1.54) is 0 Å². The smallest absolute Gasteiger partial charge is 0.243 e. The van der Waals surface area contributed by atoms with Gasteiger partial charge in [-0.2, -0.15) is 4.98 Å². The average Bonchev–Trinajstić information content (AvgIpc) is 2.75. The van der Waals surface area contributed by atoms with Crippen LogP contribution in [0.1, 0.15) is 59.3 Å². The molecule has 114 valence electrons. The number of nitrogens with one attached hydrogen (secondary N) is 1. The molecule has 0 saturated heterocycles. The summed E-state index contributed by atoms with van der Waals surface area (Å²) in [4.78, 5) is 18.1. The predicted molar refractivity (Wildman–Crippen MR) is 77.3 cm³/mol. The van der Waals surface area contributed by atoms with Crippen molar-refractivity contribution in [3.05, 3.63) is 11.7 Å².